The van der Waals surface area contributed by atoms with Crippen LogP contribution in [0.2, 0.25) is 0 Å². The highest BCUT2D eigenvalue weighted by Crippen LogP contribution is 2.29. The number of methoxy groups -OCH3 is 1. The molecule has 128 valence electrons. The van der Waals surface area contributed by atoms with Crippen LogP contribution in [0.4, 0.5) is 0 Å². The van der Waals surface area contributed by atoms with Crippen molar-refractivity contribution in [2.75, 3.05) is 12.9 Å². The molecule has 0 bridgehead atoms. The minimum atomic E-state index is -0.334. The number of unbranched alkanes of at least 4 members (excludes halogenated alkanes) is 1. The van der Waals surface area contributed by atoms with E-state index in [2.05, 4.69) is 15.2 Å². The summed E-state index contributed by atoms with van der Waals surface area (Å²) in [5.41, 5.74) is 1.03. The second kappa shape index (κ2) is 9.12. The highest BCUT2D eigenvalue weighted by molar-refractivity contribution is 8.04. The molecule has 1 atom stereocenters. The minimum Gasteiger partial charge on any atom is -0.469 e. The van der Waals surface area contributed by atoms with Crippen LogP contribution in [0, 0.1) is 0 Å². The molecule has 0 spiro atoms. The Morgan fingerprint density at radius 2 is 2.17 bits per heavy atom. The van der Waals surface area contributed by atoms with Gasteiger partial charge in [0.1, 0.15) is 5.71 Å². The van der Waals surface area contributed by atoms with Crippen molar-refractivity contribution in [2.45, 2.75) is 25.3 Å². The van der Waals surface area contributed by atoms with Crippen molar-refractivity contribution in [1.82, 2.24) is 5.32 Å². The van der Waals surface area contributed by atoms with Gasteiger partial charge < -0.3 is 15.3 Å². The van der Waals surface area contributed by atoms with Gasteiger partial charge in [0.05, 0.1) is 13.2 Å². The second-order valence-electron chi connectivity index (χ2n) is 5.23. The van der Waals surface area contributed by atoms with E-state index in [1.165, 1.54) is 18.9 Å². The molecule has 2 rings (SSSR count). The number of oxime groups is 1. The number of esters is 1. The molecule has 6 nitrogen and oxygen atoms in total. The number of hydrogen-bond donors (Lipinski definition) is 2. The molecule has 0 aromatic heterocycles. The molecule has 7 heteroatoms. The summed E-state index contributed by atoms with van der Waals surface area (Å²) in [5, 5.41) is 15.5. The highest BCUT2D eigenvalue weighted by atomic mass is 32.2. The Hall–Kier alpha value is -2.28. The van der Waals surface area contributed by atoms with Gasteiger partial charge in [0, 0.05) is 22.6 Å². The van der Waals surface area contributed by atoms with E-state index in [0.29, 0.717) is 36.3 Å². The van der Waals surface area contributed by atoms with Gasteiger partial charge in [-0.15, -0.1) is 11.8 Å². The molecule has 0 unspecified atom stereocenters. The first-order valence-corrected chi connectivity index (χ1v) is 8.62. The van der Waals surface area contributed by atoms with Crippen LogP contribution >= 0.6 is 11.8 Å². The zero-order valence-electron chi connectivity index (χ0n) is 13.4. The third kappa shape index (κ3) is 4.86. The van der Waals surface area contributed by atoms with Crippen LogP contribution in [0.1, 0.15) is 29.6 Å². The van der Waals surface area contributed by atoms with Gasteiger partial charge in [-0.25, -0.2) is 0 Å². The van der Waals surface area contributed by atoms with Crippen LogP contribution in [0.5, 0.6) is 0 Å². The van der Waals surface area contributed by atoms with Crippen molar-refractivity contribution in [3.8, 4) is 0 Å². The molecule has 0 saturated carbocycles. The second-order valence-corrected chi connectivity index (χ2v) is 6.29. The van der Waals surface area contributed by atoms with Crippen molar-refractivity contribution in [3.63, 3.8) is 0 Å². The van der Waals surface area contributed by atoms with Crippen LogP contribution in [0.3, 0.4) is 0 Å². The van der Waals surface area contributed by atoms with Crippen molar-refractivity contribution in [3.05, 3.63) is 46.9 Å². The van der Waals surface area contributed by atoms with E-state index < -0.39 is 0 Å². The van der Waals surface area contributed by atoms with Gasteiger partial charge in [-0.2, -0.15) is 0 Å². The number of ether oxygens (including phenoxy) is 1. The Bertz CT molecular complexity index is 643. The summed E-state index contributed by atoms with van der Waals surface area (Å²) >= 11 is 1.52. The zero-order chi connectivity index (χ0) is 17.4. The molecule has 1 heterocycles. The number of rotatable bonds is 6. The maximum absolute atomic E-state index is 12.2. The number of thioether (sulfide) groups is 1. The Morgan fingerprint density at radius 1 is 1.42 bits per heavy atom. The fourth-order valence-electron chi connectivity index (χ4n) is 2.30. The van der Waals surface area contributed by atoms with E-state index in [1.54, 1.807) is 24.3 Å². The minimum absolute atomic E-state index is 0.200. The molecular weight excluding hydrogens is 328 g/mol. The molecule has 24 heavy (non-hydrogen) atoms. The Kier molecular flexibility index (Phi) is 6.87. The first-order valence-electron chi connectivity index (χ1n) is 7.63. The van der Waals surface area contributed by atoms with Crippen LogP contribution < -0.4 is 5.32 Å². The van der Waals surface area contributed by atoms with Gasteiger partial charge in [-0.05, 0) is 25.0 Å². The van der Waals surface area contributed by atoms with E-state index in [-0.39, 0.29) is 17.9 Å². The molecular formula is C17H20N2O4S. The normalized spacial score (nSPS) is 20.3. The number of allylic oxidation sites excluding steroid dienone is 1. The maximum Gasteiger partial charge on any atom is 0.305 e. The standard InChI is InChI=1S/C17H20N2O4S/c1-23-15(20)10-6-5-9-14-16(19-22)13(11-24-14)18-17(21)12-7-3-2-4-8-12/h2-4,7-9,13,22H,5-6,10-11H2,1H3,(H,18,21)/b14-9+,19-16+/t13-/m0/s1. The SMILES string of the molecule is COC(=O)CCC/C=C1/SC[C@H](NC(=O)c2ccccc2)/C1=N\O. The quantitative estimate of drug-likeness (QED) is 0.357. The zero-order valence-corrected chi connectivity index (χ0v) is 14.2. The average molecular weight is 348 g/mol. The summed E-state index contributed by atoms with van der Waals surface area (Å²) in [6, 6.07) is 8.57. The lowest BCUT2D eigenvalue weighted by Gasteiger charge is -2.12. The van der Waals surface area contributed by atoms with E-state index in [1.807, 2.05) is 12.1 Å². The van der Waals surface area contributed by atoms with Gasteiger partial charge in [-0.3, -0.25) is 9.59 Å². The lowest BCUT2D eigenvalue weighted by molar-refractivity contribution is -0.140. The van der Waals surface area contributed by atoms with Crippen LogP contribution in [-0.2, 0) is 9.53 Å². The summed E-state index contributed by atoms with van der Waals surface area (Å²) in [4.78, 5) is 24.1. The molecule has 1 aromatic carbocycles. The summed E-state index contributed by atoms with van der Waals surface area (Å²) in [5.74, 6) is 0.173. The summed E-state index contributed by atoms with van der Waals surface area (Å²) in [6.45, 7) is 0. The Morgan fingerprint density at radius 3 is 2.83 bits per heavy atom. The maximum atomic E-state index is 12.2. The smallest absolute Gasteiger partial charge is 0.305 e. The van der Waals surface area contributed by atoms with Crippen LogP contribution in [0.15, 0.2) is 46.5 Å². The van der Waals surface area contributed by atoms with Gasteiger partial charge in [0.25, 0.3) is 5.91 Å². The largest absolute Gasteiger partial charge is 0.469 e. The predicted molar refractivity (Wildman–Crippen MR) is 93.3 cm³/mol. The third-order valence-electron chi connectivity index (χ3n) is 3.58. The molecule has 0 aliphatic carbocycles. The Balaban J connectivity index is 1.92. The van der Waals surface area contributed by atoms with Crippen molar-refractivity contribution in [2.24, 2.45) is 5.16 Å². The molecule has 1 fully saturated rings. The Labute approximate surface area is 145 Å². The molecule has 0 radical (unpaired) electrons. The van der Waals surface area contributed by atoms with Crippen molar-refractivity contribution >= 4 is 29.4 Å². The summed E-state index contributed by atoms with van der Waals surface area (Å²) in [7, 11) is 1.37. The van der Waals surface area contributed by atoms with Crippen LogP contribution in [-0.4, -0.2) is 41.7 Å². The fourth-order valence-corrected chi connectivity index (χ4v) is 3.46. The fraction of sp³-hybridized carbons (Fsp3) is 0.353. The first-order chi connectivity index (χ1) is 11.7. The molecule has 1 aliphatic heterocycles. The molecule has 1 amide bonds. The van der Waals surface area contributed by atoms with E-state index in [0.717, 1.165) is 4.91 Å². The van der Waals surface area contributed by atoms with Crippen molar-refractivity contribution in [1.29, 1.82) is 0 Å². The number of amides is 1. The molecule has 1 saturated heterocycles. The van der Waals surface area contributed by atoms with E-state index >= 15 is 0 Å². The number of nitrogens with one attached hydrogen (secondary N) is 1. The lowest BCUT2D eigenvalue weighted by Crippen LogP contribution is -2.39. The lowest BCUT2D eigenvalue weighted by atomic mass is 10.1. The number of carbonyl (C=O) groups excluding carboxylic acids is 2. The number of carbonyl (C=O) groups is 2. The van der Waals surface area contributed by atoms with Gasteiger partial charge >= 0.3 is 5.97 Å². The molecule has 2 N–H and O–H groups in total. The van der Waals surface area contributed by atoms with Gasteiger partial charge in [-0.1, -0.05) is 29.4 Å². The van der Waals surface area contributed by atoms with Gasteiger partial charge in [0.15, 0.2) is 0 Å². The third-order valence-corrected chi connectivity index (χ3v) is 4.77. The summed E-state index contributed by atoms with van der Waals surface area (Å²) in [6.07, 6.45) is 3.62. The van der Waals surface area contributed by atoms with E-state index in [4.69, 9.17) is 0 Å². The van der Waals surface area contributed by atoms with Gasteiger partial charge in [0.2, 0.25) is 0 Å². The average Bonchev–Trinajstić information content (AvgIpc) is 3.00. The van der Waals surface area contributed by atoms with Crippen molar-refractivity contribution < 1.29 is 19.5 Å². The van der Waals surface area contributed by atoms with E-state index in [9.17, 15) is 14.8 Å². The number of nitrogens with zero attached hydrogens (tertiary/aromatic N) is 1. The first kappa shape index (κ1) is 18.1. The monoisotopic (exact) mass is 348 g/mol. The number of benzene rings is 1. The summed E-state index contributed by atoms with van der Waals surface area (Å²) < 4.78 is 4.59. The number of hydrogen-bond acceptors (Lipinski definition) is 6. The predicted octanol–water partition coefficient (Wildman–Crippen LogP) is 2.59. The highest BCUT2D eigenvalue weighted by Gasteiger charge is 2.30. The van der Waals surface area contributed by atoms with Crippen LogP contribution in [0.25, 0.3) is 0 Å². The molecule has 1 aliphatic rings. The molecule has 1 aromatic rings. The topological polar surface area (TPSA) is 88.0 Å².